The molecule has 5 nitrogen and oxygen atoms in total. The van der Waals surface area contributed by atoms with Crippen LogP contribution in [0.5, 0.6) is 5.75 Å². The monoisotopic (exact) mass is 243 g/mol. The maximum absolute atomic E-state index is 11.6. The second kappa shape index (κ2) is 5.67. The van der Waals surface area contributed by atoms with Crippen LogP contribution in [0.2, 0.25) is 0 Å². The van der Waals surface area contributed by atoms with E-state index >= 15 is 0 Å². The number of nitrogens with two attached hydrogens (primary N) is 1. The van der Waals surface area contributed by atoms with Crippen molar-refractivity contribution in [2.45, 2.75) is 0 Å². The van der Waals surface area contributed by atoms with Gasteiger partial charge in [0, 0.05) is 6.20 Å². The molecule has 0 spiro atoms. The summed E-state index contributed by atoms with van der Waals surface area (Å²) in [7, 11) is 0. The average Bonchev–Trinajstić information content (AvgIpc) is 2.40. The molecule has 3 N–H and O–H groups in total. The third kappa shape index (κ3) is 3.21. The van der Waals surface area contributed by atoms with Gasteiger partial charge in [0.1, 0.15) is 5.75 Å². The summed E-state index contributed by atoms with van der Waals surface area (Å²) in [6.07, 6.45) is 1.56. The van der Waals surface area contributed by atoms with Gasteiger partial charge in [-0.2, -0.15) is 0 Å². The molecule has 0 saturated carbocycles. The van der Waals surface area contributed by atoms with Crippen molar-refractivity contribution >= 4 is 17.4 Å². The molecule has 0 aliphatic heterocycles. The van der Waals surface area contributed by atoms with Crippen LogP contribution in [0.25, 0.3) is 0 Å². The van der Waals surface area contributed by atoms with Gasteiger partial charge in [0.25, 0.3) is 5.91 Å². The number of benzene rings is 1. The number of para-hydroxylation sites is 1. The number of nitrogens with one attached hydrogen (secondary N) is 1. The lowest BCUT2D eigenvalue weighted by Gasteiger charge is -2.08. The first-order valence-electron chi connectivity index (χ1n) is 5.44. The normalized spacial score (nSPS) is 9.78. The lowest BCUT2D eigenvalue weighted by Crippen LogP contribution is -2.21. The predicted octanol–water partition coefficient (Wildman–Crippen LogP) is 1.68. The SMILES string of the molecule is Nc1cccnc1NC(=O)COc1ccccc1. The van der Waals surface area contributed by atoms with Gasteiger partial charge in [0.15, 0.2) is 12.4 Å². The van der Waals surface area contributed by atoms with Gasteiger partial charge in [-0.1, -0.05) is 18.2 Å². The van der Waals surface area contributed by atoms with Crippen LogP contribution in [0, 0.1) is 0 Å². The van der Waals surface area contributed by atoms with Gasteiger partial charge in [-0.05, 0) is 24.3 Å². The number of pyridine rings is 1. The Labute approximate surface area is 105 Å². The van der Waals surface area contributed by atoms with E-state index in [2.05, 4.69) is 10.3 Å². The zero-order chi connectivity index (χ0) is 12.8. The fourth-order valence-corrected chi connectivity index (χ4v) is 1.36. The van der Waals surface area contributed by atoms with Crippen LogP contribution in [-0.4, -0.2) is 17.5 Å². The summed E-state index contributed by atoms with van der Waals surface area (Å²) in [5.74, 6) is 0.685. The molecule has 18 heavy (non-hydrogen) atoms. The molecule has 2 rings (SSSR count). The van der Waals surface area contributed by atoms with Crippen molar-refractivity contribution in [1.29, 1.82) is 0 Å². The first kappa shape index (κ1) is 11.9. The van der Waals surface area contributed by atoms with Crippen LogP contribution in [0.15, 0.2) is 48.7 Å². The molecule has 5 heteroatoms. The molecule has 1 heterocycles. The smallest absolute Gasteiger partial charge is 0.263 e. The Morgan fingerprint density at radius 2 is 2.00 bits per heavy atom. The largest absolute Gasteiger partial charge is 0.484 e. The molecule has 0 atom stereocenters. The van der Waals surface area contributed by atoms with Crippen molar-refractivity contribution in [1.82, 2.24) is 4.98 Å². The number of nitrogens with zero attached hydrogens (tertiary/aromatic N) is 1. The molecule has 1 amide bonds. The van der Waals surface area contributed by atoms with Crippen LogP contribution in [0.1, 0.15) is 0 Å². The van der Waals surface area contributed by atoms with E-state index in [1.807, 2.05) is 18.2 Å². The topological polar surface area (TPSA) is 77.2 Å². The highest BCUT2D eigenvalue weighted by molar-refractivity contribution is 5.93. The molecule has 2 aromatic rings. The first-order valence-corrected chi connectivity index (χ1v) is 5.44. The fourth-order valence-electron chi connectivity index (χ4n) is 1.36. The predicted molar refractivity (Wildman–Crippen MR) is 69.2 cm³/mol. The molecular weight excluding hydrogens is 230 g/mol. The molecule has 0 radical (unpaired) electrons. The van der Waals surface area contributed by atoms with E-state index in [-0.39, 0.29) is 12.5 Å². The van der Waals surface area contributed by atoms with Crippen LogP contribution < -0.4 is 15.8 Å². The van der Waals surface area contributed by atoms with Crippen molar-refractivity contribution < 1.29 is 9.53 Å². The third-order valence-electron chi connectivity index (χ3n) is 2.21. The van der Waals surface area contributed by atoms with E-state index in [1.54, 1.807) is 30.5 Å². The van der Waals surface area contributed by atoms with E-state index in [9.17, 15) is 4.79 Å². The highest BCUT2D eigenvalue weighted by Gasteiger charge is 2.06. The van der Waals surface area contributed by atoms with E-state index in [0.29, 0.717) is 17.3 Å². The standard InChI is InChI=1S/C13H13N3O2/c14-11-7-4-8-15-13(11)16-12(17)9-18-10-5-2-1-3-6-10/h1-8H,9,14H2,(H,15,16,17). The van der Waals surface area contributed by atoms with Crippen molar-refractivity contribution in [3.63, 3.8) is 0 Å². The minimum absolute atomic E-state index is 0.0833. The molecule has 92 valence electrons. The van der Waals surface area contributed by atoms with Gasteiger partial charge in [-0.15, -0.1) is 0 Å². The van der Waals surface area contributed by atoms with Crippen LogP contribution in [0.3, 0.4) is 0 Å². The average molecular weight is 243 g/mol. The first-order chi connectivity index (χ1) is 8.75. The van der Waals surface area contributed by atoms with E-state index in [4.69, 9.17) is 10.5 Å². The number of carbonyl (C=O) groups is 1. The number of nitrogen functional groups attached to an aromatic ring is 1. The zero-order valence-electron chi connectivity index (χ0n) is 9.67. The molecule has 1 aromatic heterocycles. The van der Waals surface area contributed by atoms with Gasteiger partial charge in [0.2, 0.25) is 0 Å². The van der Waals surface area contributed by atoms with Crippen molar-refractivity contribution in [2.24, 2.45) is 0 Å². The number of amides is 1. The van der Waals surface area contributed by atoms with Gasteiger partial charge in [0.05, 0.1) is 5.69 Å². The number of hydrogen-bond donors (Lipinski definition) is 2. The molecule has 1 aromatic carbocycles. The van der Waals surface area contributed by atoms with Gasteiger partial charge in [-0.3, -0.25) is 4.79 Å². The Morgan fingerprint density at radius 3 is 2.72 bits per heavy atom. The molecule has 0 saturated heterocycles. The number of carbonyl (C=O) groups excluding carboxylic acids is 1. The van der Waals surface area contributed by atoms with Gasteiger partial charge >= 0.3 is 0 Å². The highest BCUT2D eigenvalue weighted by atomic mass is 16.5. The lowest BCUT2D eigenvalue weighted by molar-refractivity contribution is -0.118. The van der Waals surface area contributed by atoms with E-state index < -0.39 is 0 Å². The number of ether oxygens (including phenoxy) is 1. The quantitative estimate of drug-likeness (QED) is 0.856. The maximum Gasteiger partial charge on any atom is 0.263 e. The summed E-state index contributed by atoms with van der Waals surface area (Å²) >= 11 is 0. The molecule has 0 fully saturated rings. The summed E-state index contributed by atoms with van der Waals surface area (Å²) in [4.78, 5) is 15.6. The third-order valence-corrected chi connectivity index (χ3v) is 2.21. The van der Waals surface area contributed by atoms with Gasteiger partial charge < -0.3 is 15.8 Å². The Balaban J connectivity index is 1.88. The summed E-state index contributed by atoms with van der Waals surface area (Å²) in [6.45, 7) is -0.0833. The maximum atomic E-state index is 11.6. The molecule has 0 aliphatic carbocycles. The minimum atomic E-state index is -0.302. The number of rotatable bonds is 4. The van der Waals surface area contributed by atoms with Crippen LogP contribution >= 0.6 is 0 Å². The summed E-state index contributed by atoms with van der Waals surface area (Å²) in [6, 6.07) is 12.5. The van der Waals surface area contributed by atoms with E-state index in [0.717, 1.165) is 0 Å². The van der Waals surface area contributed by atoms with Gasteiger partial charge in [-0.25, -0.2) is 4.98 Å². The Hall–Kier alpha value is -2.56. The Bertz CT molecular complexity index is 529. The lowest BCUT2D eigenvalue weighted by atomic mass is 10.3. The number of aromatic nitrogens is 1. The molecule has 0 bridgehead atoms. The van der Waals surface area contributed by atoms with Crippen molar-refractivity contribution in [3.8, 4) is 5.75 Å². The van der Waals surface area contributed by atoms with E-state index in [1.165, 1.54) is 0 Å². The Kier molecular flexibility index (Phi) is 3.76. The molecular formula is C13H13N3O2. The summed E-state index contributed by atoms with van der Waals surface area (Å²) in [5, 5.41) is 2.58. The summed E-state index contributed by atoms with van der Waals surface area (Å²) < 4.78 is 5.30. The molecule has 0 aliphatic rings. The second-order valence-corrected chi connectivity index (χ2v) is 3.59. The highest BCUT2D eigenvalue weighted by Crippen LogP contribution is 2.13. The number of anilines is 2. The number of hydrogen-bond acceptors (Lipinski definition) is 4. The van der Waals surface area contributed by atoms with Crippen LogP contribution in [-0.2, 0) is 4.79 Å². The minimum Gasteiger partial charge on any atom is -0.484 e. The zero-order valence-corrected chi connectivity index (χ0v) is 9.67. The second-order valence-electron chi connectivity index (χ2n) is 3.59. The molecule has 0 unspecified atom stereocenters. The van der Waals surface area contributed by atoms with Crippen molar-refractivity contribution in [3.05, 3.63) is 48.7 Å². The van der Waals surface area contributed by atoms with Crippen LogP contribution in [0.4, 0.5) is 11.5 Å². The van der Waals surface area contributed by atoms with Crippen molar-refractivity contribution in [2.75, 3.05) is 17.7 Å². The summed E-state index contributed by atoms with van der Waals surface area (Å²) in [5.41, 5.74) is 6.08. The Morgan fingerprint density at radius 1 is 1.22 bits per heavy atom. The fraction of sp³-hybridized carbons (Fsp3) is 0.0769.